The zero-order chi connectivity index (χ0) is 10.1. The maximum atomic E-state index is 10.6. The molecule has 0 radical (unpaired) electrons. The van der Waals surface area contributed by atoms with E-state index in [0.717, 1.165) is 0 Å². The molecular weight excluding hydrogens is 186 g/mol. The van der Waals surface area contributed by atoms with Gasteiger partial charge in [0.1, 0.15) is 6.29 Å². The first-order chi connectivity index (χ1) is 6.72. The van der Waals surface area contributed by atoms with Crippen LogP contribution >= 0.6 is 0 Å². The van der Waals surface area contributed by atoms with Gasteiger partial charge in [-0.1, -0.05) is 0 Å². The molecule has 0 aliphatic rings. The van der Waals surface area contributed by atoms with Gasteiger partial charge in [0.25, 0.3) is 0 Å². The number of rotatable bonds is 2. The van der Waals surface area contributed by atoms with Crippen molar-refractivity contribution in [1.29, 1.82) is 0 Å². The van der Waals surface area contributed by atoms with Gasteiger partial charge in [-0.25, -0.2) is 0 Å². The fourth-order valence-corrected chi connectivity index (χ4v) is 1.29. The van der Waals surface area contributed by atoms with Crippen LogP contribution in [0.2, 0.25) is 0 Å². The quantitative estimate of drug-likeness (QED) is 0.414. The van der Waals surface area contributed by atoms with Crippen LogP contribution in [0, 0.1) is 10.1 Å². The normalized spacial score (nSPS) is 10.3. The Morgan fingerprint density at radius 1 is 1.43 bits per heavy atom. The summed E-state index contributed by atoms with van der Waals surface area (Å²) >= 11 is 0. The Morgan fingerprint density at radius 2 is 2.21 bits per heavy atom. The van der Waals surface area contributed by atoms with Gasteiger partial charge in [-0.2, -0.15) is 0 Å². The number of nitro benzene ring substituents is 1. The van der Waals surface area contributed by atoms with Crippen molar-refractivity contribution >= 4 is 22.9 Å². The molecule has 0 fully saturated rings. The van der Waals surface area contributed by atoms with E-state index in [-0.39, 0.29) is 16.8 Å². The van der Waals surface area contributed by atoms with Crippen LogP contribution in [-0.4, -0.2) is 11.2 Å². The van der Waals surface area contributed by atoms with Crippen LogP contribution in [0.3, 0.4) is 0 Å². The lowest BCUT2D eigenvalue weighted by molar-refractivity contribution is -0.383. The van der Waals surface area contributed by atoms with Crippen molar-refractivity contribution < 1.29 is 14.1 Å². The molecule has 0 saturated carbocycles. The van der Waals surface area contributed by atoms with Crippen LogP contribution in [-0.2, 0) is 0 Å². The van der Waals surface area contributed by atoms with Gasteiger partial charge in [-0.3, -0.25) is 14.9 Å². The van der Waals surface area contributed by atoms with Crippen LogP contribution in [0.25, 0.3) is 11.0 Å². The molecule has 14 heavy (non-hydrogen) atoms. The number of fused-ring (bicyclic) bond motifs is 1. The molecule has 1 heterocycles. The zero-order valence-electron chi connectivity index (χ0n) is 6.97. The molecule has 1 aromatic heterocycles. The van der Waals surface area contributed by atoms with Gasteiger partial charge in [-0.05, 0) is 12.1 Å². The van der Waals surface area contributed by atoms with E-state index in [1.54, 1.807) is 12.1 Å². The van der Waals surface area contributed by atoms with Crippen molar-refractivity contribution in [1.82, 2.24) is 0 Å². The summed E-state index contributed by atoms with van der Waals surface area (Å²) in [6.45, 7) is 0. The average Bonchev–Trinajstić information content (AvgIpc) is 2.63. The van der Waals surface area contributed by atoms with E-state index in [4.69, 9.17) is 4.42 Å². The molecular formula is C9H5NO4. The average molecular weight is 191 g/mol. The second-order valence-corrected chi connectivity index (χ2v) is 2.75. The van der Waals surface area contributed by atoms with Gasteiger partial charge in [0.15, 0.2) is 0 Å². The molecule has 0 saturated heterocycles. The summed E-state index contributed by atoms with van der Waals surface area (Å²) in [4.78, 5) is 20.5. The first kappa shape index (κ1) is 8.43. The lowest BCUT2D eigenvalue weighted by atomic mass is 10.1. The highest BCUT2D eigenvalue weighted by Crippen LogP contribution is 2.27. The van der Waals surface area contributed by atoms with Gasteiger partial charge < -0.3 is 4.42 Å². The highest BCUT2D eigenvalue weighted by atomic mass is 16.6. The van der Waals surface area contributed by atoms with Crippen LogP contribution in [0.1, 0.15) is 10.4 Å². The lowest BCUT2D eigenvalue weighted by Gasteiger charge is -1.94. The second kappa shape index (κ2) is 2.95. The number of benzene rings is 1. The van der Waals surface area contributed by atoms with Crippen LogP contribution in [0.5, 0.6) is 0 Å². The molecule has 0 atom stereocenters. The van der Waals surface area contributed by atoms with E-state index >= 15 is 0 Å². The number of nitrogens with zero attached hydrogens (tertiary/aromatic N) is 1. The van der Waals surface area contributed by atoms with E-state index in [0.29, 0.717) is 11.7 Å². The summed E-state index contributed by atoms with van der Waals surface area (Å²) in [7, 11) is 0. The van der Waals surface area contributed by atoms with E-state index < -0.39 is 4.92 Å². The molecule has 0 bridgehead atoms. The first-order valence-electron chi connectivity index (χ1n) is 3.83. The van der Waals surface area contributed by atoms with Crippen molar-refractivity contribution in [3.63, 3.8) is 0 Å². The minimum Gasteiger partial charge on any atom is -0.457 e. The third-order valence-corrected chi connectivity index (χ3v) is 1.89. The SMILES string of the molecule is O=Cc1cc([N+](=O)[O-])c2occc2c1. The molecule has 0 spiro atoms. The topological polar surface area (TPSA) is 73.3 Å². The Morgan fingerprint density at radius 3 is 2.86 bits per heavy atom. The number of carbonyl (C=O) groups is 1. The molecule has 2 aromatic rings. The standard InChI is InChI=1S/C9H5NO4/c11-5-6-3-7-1-2-14-9(7)8(4-6)10(12)13/h1-5H. The minimum atomic E-state index is -0.571. The third kappa shape index (κ3) is 1.15. The van der Waals surface area contributed by atoms with E-state index in [1.165, 1.54) is 12.3 Å². The second-order valence-electron chi connectivity index (χ2n) is 2.75. The Labute approximate surface area is 78.1 Å². The van der Waals surface area contributed by atoms with Crippen LogP contribution in [0.4, 0.5) is 5.69 Å². The maximum Gasteiger partial charge on any atom is 0.312 e. The smallest absolute Gasteiger partial charge is 0.312 e. The number of carbonyl (C=O) groups excluding carboxylic acids is 1. The molecule has 0 aliphatic carbocycles. The summed E-state index contributed by atoms with van der Waals surface area (Å²) in [5, 5.41) is 11.2. The third-order valence-electron chi connectivity index (χ3n) is 1.89. The molecule has 5 nitrogen and oxygen atoms in total. The fraction of sp³-hybridized carbons (Fsp3) is 0. The number of hydrogen-bond acceptors (Lipinski definition) is 4. The predicted molar refractivity (Wildman–Crippen MR) is 48.3 cm³/mol. The Hall–Kier alpha value is -2.17. The van der Waals surface area contributed by atoms with E-state index in [2.05, 4.69) is 0 Å². The number of nitro groups is 1. The lowest BCUT2D eigenvalue weighted by Crippen LogP contribution is -1.90. The molecule has 70 valence electrons. The van der Waals surface area contributed by atoms with Gasteiger partial charge in [-0.15, -0.1) is 0 Å². The summed E-state index contributed by atoms with van der Waals surface area (Å²) < 4.78 is 4.95. The Bertz CT molecular complexity index is 515. The Balaban J connectivity index is 2.83. The van der Waals surface area contributed by atoms with Crippen LogP contribution in [0.15, 0.2) is 28.9 Å². The predicted octanol–water partition coefficient (Wildman–Crippen LogP) is 2.15. The highest BCUT2D eigenvalue weighted by Gasteiger charge is 2.16. The van der Waals surface area contributed by atoms with Crippen molar-refractivity contribution in [3.05, 3.63) is 40.1 Å². The largest absolute Gasteiger partial charge is 0.457 e. The van der Waals surface area contributed by atoms with E-state index in [9.17, 15) is 14.9 Å². The molecule has 1 aromatic carbocycles. The fourth-order valence-electron chi connectivity index (χ4n) is 1.29. The molecule has 5 heteroatoms. The zero-order valence-corrected chi connectivity index (χ0v) is 6.97. The molecule has 0 amide bonds. The maximum absolute atomic E-state index is 10.6. The summed E-state index contributed by atoms with van der Waals surface area (Å²) in [5.74, 6) is 0. The molecule has 0 N–H and O–H groups in total. The number of furan rings is 1. The van der Waals surface area contributed by atoms with E-state index in [1.807, 2.05) is 0 Å². The van der Waals surface area contributed by atoms with Gasteiger partial charge >= 0.3 is 5.69 Å². The molecule has 2 rings (SSSR count). The van der Waals surface area contributed by atoms with Gasteiger partial charge in [0.2, 0.25) is 5.58 Å². The number of aldehydes is 1. The molecule has 0 unspecified atom stereocenters. The van der Waals surface area contributed by atoms with Crippen molar-refractivity contribution in [2.75, 3.05) is 0 Å². The summed E-state index contributed by atoms with van der Waals surface area (Å²) in [6.07, 6.45) is 1.92. The van der Waals surface area contributed by atoms with Gasteiger partial charge in [0.05, 0.1) is 11.2 Å². The highest BCUT2D eigenvalue weighted by molar-refractivity contribution is 5.92. The van der Waals surface area contributed by atoms with Crippen LogP contribution < -0.4 is 0 Å². The van der Waals surface area contributed by atoms with Crippen molar-refractivity contribution in [2.45, 2.75) is 0 Å². The monoisotopic (exact) mass is 191 g/mol. The summed E-state index contributed by atoms with van der Waals surface area (Å²) in [6, 6.07) is 4.31. The van der Waals surface area contributed by atoms with Crippen molar-refractivity contribution in [3.8, 4) is 0 Å². The molecule has 0 aliphatic heterocycles. The minimum absolute atomic E-state index is 0.186. The summed E-state index contributed by atoms with van der Waals surface area (Å²) in [5.41, 5.74) is 0.279. The number of hydrogen-bond donors (Lipinski definition) is 0. The Kier molecular flexibility index (Phi) is 1.78. The van der Waals surface area contributed by atoms with Crippen molar-refractivity contribution in [2.24, 2.45) is 0 Å². The number of non-ortho nitro benzene ring substituents is 1. The first-order valence-corrected chi connectivity index (χ1v) is 3.83. The van der Waals surface area contributed by atoms with Gasteiger partial charge in [0, 0.05) is 17.0 Å².